The molecule has 4 aliphatic rings. The molecule has 2 heterocycles. The molecule has 2 N–H and O–H groups in total. The molecule has 4 rings (SSSR count). The van der Waals surface area contributed by atoms with Crippen LogP contribution in [-0.4, -0.2) is 24.5 Å². The molecule has 2 aliphatic carbocycles. The van der Waals surface area contributed by atoms with Gasteiger partial charge in [0, 0.05) is 30.7 Å². The van der Waals surface area contributed by atoms with Crippen molar-refractivity contribution in [2.45, 2.75) is 37.1 Å². The lowest BCUT2D eigenvalue weighted by atomic mass is 9.84. The fourth-order valence-electron chi connectivity index (χ4n) is 3.92. The first-order chi connectivity index (χ1) is 11.3. The normalized spacial score (nSPS) is 30.7. The van der Waals surface area contributed by atoms with Crippen molar-refractivity contribution in [3.8, 4) is 0 Å². The molecular weight excluding hydrogens is 307 g/mol. The highest BCUT2D eigenvalue weighted by Gasteiger charge is 2.29. The fourth-order valence-corrected chi connectivity index (χ4v) is 4.97. The van der Waals surface area contributed by atoms with Crippen LogP contribution in [0.25, 0.3) is 0 Å². The summed E-state index contributed by atoms with van der Waals surface area (Å²) in [4.78, 5) is 0. The van der Waals surface area contributed by atoms with E-state index in [4.69, 9.17) is 0 Å². The van der Waals surface area contributed by atoms with Gasteiger partial charge in [0.2, 0.25) is 0 Å². The predicted octanol–water partition coefficient (Wildman–Crippen LogP) is 3.97. The van der Waals surface area contributed by atoms with E-state index in [2.05, 4.69) is 46.4 Å². The Morgan fingerprint density at radius 2 is 2.04 bits per heavy atom. The monoisotopic (exact) mass is 330 g/mol. The van der Waals surface area contributed by atoms with Gasteiger partial charge in [0.15, 0.2) is 0 Å². The van der Waals surface area contributed by atoms with E-state index in [-0.39, 0.29) is 12.0 Å². The van der Waals surface area contributed by atoms with E-state index in [1.165, 1.54) is 5.57 Å². The zero-order valence-electron chi connectivity index (χ0n) is 13.2. The molecule has 0 saturated carbocycles. The lowest BCUT2D eigenvalue weighted by Crippen LogP contribution is -2.34. The Bertz CT molecular complexity index is 623. The van der Waals surface area contributed by atoms with Gasteiger partial charge in [0.25, 0.3) is 0 Å². The summed E-state index contributed by atoms with van der Waals surface area (Å²) in [5, 5.41) is 9.62. The molecule has 4 heteroatoms. The van der Waals surface area contributed by atoms with Gasteiger partial charge in [-0.15, -0.1) is 11.8 Å². The Hall–Kier alpha value is -1.10. The summed E-state index contributed by atoms with van der Waals surface area (Å²) >= 11 is 1.89. The van der Waals surface area contributed by atoms with Gasteiger partial charge in [-0.1, -0.05) is 36.0 Å². The van der Waals surface area contributed by atoms with Gasteiger partial charge in [-0.2, -0.15) is 0 Å². The Balaban J connectivity index is 1.48. The molecule has 0 aromatic carbocycles. The molecule has 23 heavy (non-hydrogen) atoms. The molecule has 2 aliphatic heterocycles. The first kappa shape index (κ1) is 15.4. The van der Waals surface area contributed by atoms with Crippen LogP contribution >= 0.6 is 11.8 Å². The molecule has 0 radical (unpaired) electrons. The highest BCUT2D eigenvalue weighted by Crippen LogP contribution is 2.41. The van der Waals surface area contributed by atoms with Crippen molar-refractivity contribution in [3.63, 3.8) is 0 Å². The van der Waals surface area contributed by atoms with E-state index in [0.717, 1.165) is 43.5 Å². The third-order valence-electron chi connectivity index (χ3n) is 5.12. The second kappa shape index (κ2) is 6.80. The average Bonchev–Trinajstić information content (AvgIpc) is 3.25. The van der Waals surface area contributed by atoms with Crippen molar-refractivity contribution >= 4 is 11.8 Å². The van der Waals surface area contributed by atoms with E-state index in [9.17, 15) is 4.39 Å². The minimum atomic E-state index is 0.0952. The third kappa shape index (κ3) is 3.12. The summed E-state index contributed by atoms with van der Waals surface area (Å²) in [5.41, 5.74) is 3.52. The molecule has 0 aromatic rings. The first-order valence-corrected chi connectivity index (χ1v) is 9.51. The Labute approximate surface area is 141 Å². The third-order valence-corrected chi connectivity index (χ3v) is 6.19. The zero-order chi connectivity index (χ0) is 15.6. The predicted molar refractivity (Wildman–Crippen MR) is 95.7 cm³/mol. The first-order valence-electron chi connectivity index (χ1n) is 8.57. The van der Waals surface area contributed by atoms with Crippen molar-refractivity contribution in [1.82, 2.24) is 10.6 Å². The highest BCUT2D eigenvalue weighted by atomic mass is 32.2. The molecule has 2 unspecified atom stereocenters. The topological polar surface area (TPSA) is 24.1 Å². The van der Waals surface area contributed by atoms with Crippen molar-refractivity contribution in [2.24, 2.45) is 5.92 Å². The molecule has 122 valence electrons. The van der Waals surface area contributed by atoms with Crippen LogP contribution < -0.4 is 10.6 Å². The van der Waals surface area contributed by atoms with E-state index in [0.29, 0.717) is 17.6 Å². The zero-order valence-corrected chi connectivity index (χ0v) is 14.0. The van der Waals surface area contributed by atoms with E-state index in [1.807, 2.05) is 11.8 Å². The highest BCUT2D eigenvalue weighted by molar-refractivity contribution is 8.03. The number of fused-ring (bicyclic) bond motifs is 1. The maximum Gasteiger partial charge on any atom is 0.104 e. The second-order valence-corrected chi connectivity index (χ2v) is 7.59. The number of hydrogen-bond acceptors (Lipinski definition) is 3. The molecule has 1 fully saturated rings. The van der Waals surface area contributed by atoms with Crippen LogP contribution in [0.5, 0.6) is 0 Å². The standard InChI is InChI=1S/C19H23FN2S/c20-17-5-2-4-16(19-21-10-11-22-19)15(17)8-7-13-3-1-6-18-14(13)9-12-23-18/h1,3-4,6,9,12,14,18-19,21-22H,2,5,7-8,10-11H2. The van der Waals surface area contributed by atoms with Crippen LogP contribution in [0, 0.1) is 5.92 Å². The number of thioether (sulfide) groups is 1. The molecule has 2 nitrogen and oxygen atoms in total. The van der Waals surface area contributed by atoms with Crippen molar-refractivity contribution < 1.29 is 4.39 Å². The molecule has 2 atom stereocenters. The molecule has 0 bridgehead atoms. The van der Waals surface area contributed by atoms with Crippen LogP contribution in [0.1, 0.15) is 25.7 Å². The van der Waals surface area contributed by atoms with E-state index >= 15 is 0 Å². The largest absolute Gasteiger partial charge is 0.297 e. The molecular formula is C19H23FN2S. The summed E-state index contributed by atoms with van der Waals surface area (Å²) in [5.74, 6) is 0.602. The lowest BCUT2D eigenvalue weighted by Gasteiger charge is -2.26. The smallest absolute Gasteiger partial charge is 0.104 e. The number of hydrogen-bond donors (Lipinski definition) is 2. The fraction of sp³-hybridized carbons (Fsp3) is 0.474. The molecule has 1 saturated heterocycles. The maximum atomic E-state index is 14.5. The van der Waals surface area contributed by atoms with Crippen LogP contribution in [0.3, 0.4) is 0 Å². The van der Waals surface area contributed by atoms with Crippen molar-refractivity contribution in [3.05, 3.63) is 58.3 Å². The molecule has 0 amide bonds. The average molecular weight is 330 g/mol. The molecule has 0 spiro atoms. The number of rotatable bonds is 4. The summed E-state index contributed by atoms with van der Waals surface area (Å²) < 4.78 is 14.5. The SMILES string of the molecule is FC1=C(CCC2=CC=CC3SC=CC23)C(C2NCCN2)=CCC1. The van der Waals surface area contributed by atoms with Gasteiger partial charge < -0.3 is 0 Å². The minimum Gasteiger partial charge on any atom is -0.297 e. The summed E-state index contributed by atoms with van der Waals surface area (Å²) in [6, 6.07) is 0. The molecule has 0 aromatic heterocycles. The van der Waals surface area contributed by atoms with Gasteiger partial charge in [-0.3, -0.25) is 10.6 Å². The number of halogens is 1. The van der Waals surface area contributed by atoms with Gasteiger partial charge in [0.05, 0.1) is 6.17 Å². The van der Waals surface area contributed by atoms with Crippen LogP contribution in [0.2, 0.25) is 0 Å². The Kier molecular flexibility index (Phi) is 4.56. The van der Waals surface area contributed by atoms with E-state index < -0.39 is 0 Å². The summed E-state index contributed by atoms with van der Waals surface area (Å²) in [7, 11) is 0. The van der Waals surface area contributed by atoms with Crippen molar-refractivity contribution in [1.29, 1.82) is 0 Å². The summed E-state index contributed by atoms with van der Waals surface area (Å²) in [6.07, 6.45) is 14.5. The van der Waals surface area contributed by atoms with Gasteiger partial charge in [-0.25, -0.2) is 4.39 Å². The number of nitrogens with one attached hydrogen (secondary N) is 2. The number of allylic oxidation sites excluding steroid dienone is 6. The maximum absolute atomic E-state index is 14.5. The Morgan fingerprint density at radius 1 is 1.17 bits per heavy atom. The minimum absolute atomic E-state index is 0.0952. The van der Waals surface area contributed by atoms with Crippen LogP contribution in [0.4, 0.5) is 4.39 Å². The van der Waals surface area contributed by atoms with Crippen LogP contribution in [-0.2, 0) is 0 Å². The Morgan fingerprint density at radius 3 is 2.91 bits per heavy atom. The van der Waals surface area contributed by atoms with Crippen LogP contribution in [0.15, 0.2) is 58.3 Å². The van der Waals surface area contributed by atoms with Gasteiger partial charge in [0.1, 0.15) is 5.83 Å². The van der Waals surface area contributed by atoms with E-state index in [1.54, 1.807) is 0 Å². The second-order valence-electron chi connectivity index (χ2n) is 6.50. The quantitative estimate of drug-likeness (QED) is 0.815. The summed E-state index contributed by atoms with van der Waals surface area (Å²) in [6.45, 7) is 1.91. The van der Waals surface area contributed by atoms with Gasteiger partial charge >= 0.3 is 0 Å². The van der Waals surface area contributed by atoms with Crippen molar-refractivity contribution in [2.75, 3.05) is 13.1 Å². The lowest BCUT2D eigenvalue weighted by molar-refractivity contribution is 0.542. The van der Waals surface area contributed by atoms with Gasteiger partial charge in [-0.05, 0) is 35.8 Å².